The highest BCUT2D eigenvalue weighted by Gasteiger charge is 2.07. The molecular formula is C18H15F2N3OS. The van der Waals surface area contributed by atoms with Crippen LogP contribution in [0.15, 0.2) is 60.9 Å². The van der Waals surface area contributed by atoms with Gasteiger partial charge in [0.05, 0.1) is 11.4 Å². The van der Waals surface area contributed by atoms with Crippen molar-refractivity contribution in [2.75, 3.05) is 11.1 Å². The van der Waals surface area contributed by atoms with Crippen molar-refractivity contribution in [2.45, 2.75) is 5.75 Å². The molecule has 0 saturated heterocycles. The van der Waals surface area contributed by atoms with E-state index in [1.165, 1.54) is 17.8 Å². The van der Waals surface area contributed by atoms with Gasteiger partial charge in [0.25, 0.3) is 0 Å². The van der Waals surface area contributed by atoms with E-state index in [1.807, 2.05) is 36.5 Å². The molecule has 0 saturated carbocycles. The van der Waals surface area contributed by atoms with Gasteiger partial charge >= 0.3 is 0 Å². The van der Waals surface area contributed by atoms with Gasteiger partial charge in [0.1, 0.15) is 0 Å². The summed E-state index contributed by atoms with van der Waals surface area (Å²) in [5, 5.41) is 6.71. The first-order chi connectivity index (χ1) is 12.1. The van der Waals surface area contributed by atoms with Crippen molar-refractivity contribution in [2.24, 2.45) is 0 Å². The number of nitrogens with one attached hydrogen (secondary N) is 1. The molecule has 0 fully saturated rings. The summed E-state index contributed by atoms with van der Waals surface area (Å²) in [5.41, 5.74) is 2.30. The molecule has 0 spiro atoms. The summed E-state index contributed by atoms with van der Waals surface area (Å²) in [7, 11) is 0. The van der Waals surface area contributed by atoms with Crippen molar-refractivity contribution >= 4 is 23.4 Å². The van der Waals surface area contributed by atoms with E-state index in [2.05, 4.69) is 10.4 Å². The normalized spacial score (nSPS) is 10.6. The van der Waals surface area contributed by atoms with Crippen LogP contribution >= 0.6 is 11.8 Å². The van der Waals surface area contributed by atoms with Gasteiger partial charge in [-0.1, -0.05) is 12.1 Å². The number of nitrogens with zero attached hydrogens (tertiary/aromatic N) is 2. The number of aromatic nitrogens is 2. The van der Waals surface area contributed by atoms with Gasteiger partial charge in [-0.15, -0.1) is 11.8 Å². The zero-order valence-corrected chi connectivity index (χ0v) is 14.0. The number of halogens is 2. The van der Waals surface area contributed by atoms with Crippen molar-refractivity contribution in [3.63, 3.8) is 0 Å². The van der Waals surface area contributed by atoms with Gasteiger partial charge in [0, 0.05) is 29.9 Å². The van der Waals surface area contributed by atoms with Gasteiger partial charge in [-0.2, -0.15) is 5.10 Å². The molecule has 0 bridgehead atoms. The highest BCUT2D eigenvalue weighted by atomic mass is 32.2. The summed E-state index contributed by atoms with van der Waals surface area (Å²) in [6.07, 6.45) is 3.59. The van der Waals surface area contributed by atoms with E-state index in [4.69, 9.17) is 0 Å². The Morgan fingerprint density at radius 2 is 1.92 bits per heavy atom. The van der Waals surface area contributed by atoms with E-state index >= 15 is 0 Å². The van der Waals surface area contributed by atoms with Crippen LogP contribution in [0.2, 0.25) is 0 Å². The molecule has 1 heterocycles. The molecular weight excluding hydrogens is 344 g/mol. The Labute approximate surface area is 147 Å². The third-order valence-electron chi connectivity index (χ3n) is 3.41. The monoisotopic (exact) mass is 359 g/mol. The van der Waals surface area contributed by atoms with Crippen LogP contribution in [0.25, 0.3) is 5.69 Å². The van der Waals surface area contributed by atoms with Gasteiger partial charge in [-0.05, 0) is 35.9 Å². The first kappa shape index (κ1) is 17.2. The van der Waals surface area contributed by atoms with Crippen molar-refractivity contribution < 1.29 is 13.6 Å². The van der Waals surface area contributed by atoms with Crippen molar-refractivity contribution in [1.29, 1.82) is 0 Å². The maximum absolute atomic E-state index is 13.1. The molecule has 0 aliphatic heterocycles. The molecule has 7 heteroatoms. The minimum Gasteiger partial charge on any atom is -0.325 e. The van der Waals surface area contributed by atoms with Gasteiger partial charge in [-0.3, -0.25) is 4.79 Å². The van der Waals surface area contributed by atoms with Crippen LogP contribution < -0.4 is 5.32 Å². The van der Waals surface area contributed by atoms with E-state index in [1.54, 1.807) is 10.9 Å². The fourth-order valence-electron chi connectivity index (χ4n) is 2.20. The first-order valence-corrected chi connectivity index (χ1v) is 8.69. The molecule has 0 unspecified atom stereocenters. The van der Waals surface area contributed by atoms with Crippen molar-refractivity contribution in [3.05, 3.63) is 78.1 Å². The number of benzene rings is 2. The fraction of sp³-hybridized carbons (Fsp3) is 0.111. The summed E-state index contributed by atoms with van der Waals surface area (Å²) in [5.74, 6) is -1.29. The third-order valence-corrected chi connectivity index (χ3v) is 4.41. The van der Waals surface area contributed by atoms with E-state index in [0.29, 0.717) is 5.75 Å². The second-order valence-corrected chi connectivity index (χ2v) is 6.27. The average Bonchev–Trinajstić information content (AvgIpc) is 3.13. The van der Waals surface area contributed by atoms with E-state index in [9.17, 15) is 13.6 Å². The van der Waals surface area contributed by atoms with Crippen LogP contribution in [0.4, 0.5) is 14.5 Å². The Bertz CT molecular complexity index is 851. The van der Waals surface area contributed by atoms with Gasteiger partial charge in [-0.25, -0.2) is 13.5 Å². The van der Waals surface area contributed by atoms with Crippen molar-refractivity contribution in [1.82, 2.24) is 9.78 Å². The predicted molar refractivity (Wildman–Crippen MR) is 94.7 cm³/mol. The summed E-state index contributed by atoms with van der Waals surface area (Å²) < 4.78 is 27.7. The maximum Gasteiger partial charge on any atom is 0.234 e. The molecule has 128 valence electrons. The smallest absolute Gasteiger partial charge is 0.234 e. The molecule has 0 radical (unpaired) electrons. The van der Waals surface area contributed by atoms with Crippen LogP contribution in [-0.2, 0) is 10.5 Å². The molecule has 4 nitrogen and oxygen atoms in total. The Morgan fingerprint density at radius 1 is 1.12 bits per heavy atom. The number of hydrogen-bond donors (Lipinski definition) is 1. The summed E-state index contributed by atoms with van der Waals surface area (Å²) >= 11 is 1.44. The highest BCUT2D eigenvalue weighted by Crippen LogP contribution is 2.17. The van der Waals surface area contributed by atoms with E-state index in [0.717, 1.165) is 23.4 Å². The third kappa shape index (κ3) is 4.67. The predicted octanol–water partition coefficient (Wildman–Crippen LogP) is 4.02. The molecule has 2 aromatic carbocycles. The van der Waals surface area contributed by atoms with Crippen LogP contribution in [0.3, 0.4) is 0 Å². The number of rotatable bonds is 6. The first-order valence-electron chi connectivity index (χ1n) is 7.53. The number of hydrogen-bond acceptors (Lipinski definition) is 3. The number of carbonyl (C=O) groups excluding carboxylic acids is 1. The van der Waals surface area contributed by atoms with Crippen LogP contribution in [0.5, 0.6) is 0 Å². The molecule has 3 aromatic rings. The largest absolute Gasteiger partial charge is 0.325 e. The van der Waals surface area contributed by atoms with Gasteiger partial charge < -0.3 is 5.32 Å². The lowest BCUT2D eigenvalue weighted by Gasteiger charge is -2.06. The van der Waals surface area contributed by atoms with E-state index in [-0.39, 0.29) is 17.3 Å². The quantitative estimate of drug-likeness (QED) is 0.723. The lowest BCUT2D eigenvalue weighted by Crippen LogP contribution is -2.14. The lowest BCUT2D eigenvalue weighted by molar-refractivity contribution is -0.113. The van der Waals surface area contributed by atoms with Crippen LogP contribution in [-0.4, -0.2) is 21.4 Å². The molecule has 0 aliphatic rings. The zero-order valence-electron chi connectivity index (χ0n) is 13.2. The van der Waals surface area contributed by atoms with Crippen LogP contribution in [0, 0.1) is 11.6 Å². The molecule has 1 amide bonds. The molecule has 1 N–H and O–H groups in total. The summed E-state index contributed by atoms with van der Waals surface area (Å²) in [6.45, 7) is 0. The molecule has 1 aromatic heterocycles. The minimum atomic E-state index is -0.984. The Kier molecular flexibility index (Phi) is 5.45. The molecule has 0 atom stereocenters. The average molecular weight is 359 g/mol. The zero-order chi connectivity index (χ0) is 17.6. The van der Waals surface area contributed by atoms with Crippen molar-refractivity contribution in [3.8, 4) is 5.69 Å². The minimum absolute atomic E-state index is 0.222. The van der Waals surface area contributed by atoms with Gasteiger partial charge in [0.15, 0.2) is 11.6 Å². The van der Waals surface area contributed by atoms with Gasteiger partial charge in [0.2, 0.25) is 5.91 Å². The number of carbonyl (C=O) groups is 1. The SMILES string of the molecule is O=C(CSCc1ccc(-n2cccn2)cc1)Nc1ccc(F)c(F)c1. The Balaban J connectivity index is 1.47. The number of anilines is 1. The Morgan fingerprint density at radius 3 is 2.60 bits per heavy atom. The lowest BCUT2D eigenvalue weighted by atomic mass is 10.2. The van der Waals surface area contributed by atoms with E-state index < -0.39 is 11.6 Å². The molecule has 3 rings (SSSR count). The standard InChI is InChI=1S/C18H15F2N3OS/c19-16-7-4-14(10-17(16)20)22-18(24)12-25-11-13-2-5-15(6-3-13)23-9-1-8-21-23/h1-10H,11-12H2,(H,22,24). The Hall–Kier alpha value is -2.67. The summed E-state index contributed by atoms with van der Waals surface area (Å²) in [6, 6.07) is 13.0. The summed E-state index contributed by atoms with van der Waals surface area (Å²) in [4.78, 5) is 11.8. The number of thioether (sulfide) groups is 1. The topological polar surface area (TPSA) is 46.9 Å². The molecule has 0 aliphatic carbocycles. The fourth-order valence-corrected chi connectivity index (χ4v) is 2.99. The maximum atomic E-state index is 13.1. The second-order valence-electron chi connectivity index (χ2n) is 5.29. The number of amides is 1. The molecule has 25 heavy (non-hydrogen) atoms. The van der Waals surface area contributed by atoms with Crippen LogP contribution in [0.1, 0.15) is 5.56 Å². The highest BCUT2D eigenvalue weighted by molar-refractivity contribution is 7.99. The second kappa shape index (κ2) is 7.94.